The van der Waals surface area contributed by atoms with Gasteiger partial charge in [0.05, 0.1) is 45.8 Å². The van der Waals surface area contributed by atoms with Gasteiger partial charge in [0.15, 0.2) is 0 Å². The number of rotatable bonds is 9. The maximum Gasteiger partial charge on any atom is 0.324 e. The molecule has 1 spiro atoms. The zero-order valence-corrected chi connectivity index (χ0v) is 44.1. The number of hydrogen-bond donors (Lipinski definition) is 2. The summed E-state index contributed by atoms with van der Waals surface area (Å²) < 4.78 is 14.3. The molecule has 0 radical (unpaired) electrons. The lowest BCUT2D eigenvalue weighted by Gasteiger charge is -2.36. The van der Waals surface area contributed by atoms with Gasteiger partial charge in [-0.2, -0.15) is 0 Å². The fourth-order valence-corrected chi connectivity index (χ4v) is 11.4. The molecule has 4 aromatic rings. The highest BCUT2D eigenvalue weighted by molar-refractivity contribution is 7.10. The van der Waals surface area contributed by atoms with Crippen LogP contribution in [0, 0.1) is 28.6 Å². The predicted octanol–water partition coefficient (Wildman–Crippen LogP) is 6.02. The van der Waals surface area contributed by atoms with Gasteiger partial charge in [0, 0.05) is 85.3 Å². The number of thiazole rings is 1. The molecule has 3 saturated heterocycles. The number of benzene rings is 1. The van der Waals surface area contributed by atoms with E-state index in [0.29, 0.717) is 63.3 Å². The molecule has 17 heteroatoms. The summed E-state index contributed by atoms with van der Waals surface area (Å²) >= 11 is 1.41. The number of ether oxygens (including phenoxy) is 2. The number of carbonyl (C=O) groups excluding carboxylic acids is 5. The molecule has 5 atom stereocenters. The summed E-state index contributed by atoms with van der Waals surface area (Å²) in [6.07, 6.45) is 4.16. The third kappa shape index (κ3) is 10.4. The molecule has 16 nitrogen and oxygen atoms in total. The van der Waals surface area contributed by atoms with Crippen molar-refractivity contribution < 1.29 is 33.4 Å². The number of cyclic esters (lactones) is 1. The Kier molecular flexibility index (Phi) is 14.9. The van der Waals surface area contributed by atoms with Crippen molar-refractivity contribution in [3.05, 3.63) is 58.2 Å². The molecular formula is C54H71N9O7S. The van der Waals surface area contributed by atoms with Crippen molar-refractivity contribution in [1.82, 2.24) is 45.0 Å². The smallest absolute Gasteiger partial charge is 0.324 e. The van der Waals surface area contributed by atoms with Crippen LogP contribution in [0.2, 0.25) is 0 Å². The number of amides is 4. The number of esters is 1. The molecule has 380 valence electrons. The lowest BCUT2D eigenvalue weighted by Crippen LogP contribution is -2.62. The second-order valence-corrected chi connectivity index (χ2v) is 22.6. The number of nitrogens with one attached hydrogen (secondary N) is 2. The predicted molar refractivity (Wildman–Crippen MR) is 273 cm³/mol. The van der Waals surface area contributed by atoms with Gasteiger partial charge in [-0.1, -0.05) is 39.7 Å². The van der Waals surface area contributed by atoms with Crippen molar-refractivity contribution in [2.75, 3.05) is 54.0 Å². The molecule has 6 bridgehead atoms. The van der Waals surface area contributed by atoms with Gasteiger partial charge < -0.3 is 29.2 Å². The Morgan fingerprint density at radius 1 is 1.10 bits per heavy atom. The van der Waals surface area contributed by atoms with E-state index in [1.54, 1.807) is 23.1 Å². The van der Waals surface area contributed by atoms with E-state index in [4.69, 9.17) is 19.4 Å². The Bertz CT molecular complexity index is 2770. The van der Waals surface area contributed by atoms with Gasteiger partial charge >= 0.3 is 5.97 Å². The zero-order valence-electron chi connectivity index (χ0n) is 43.3. The monoisotopic (exact) mass is 990 g/mol. The van der Waals surface area contributed by atoms with Crippen LogP contribution in [0.5, 0.6) is 0 Å². The van der Waals surface area contributed by atoms with Crippen molar-refractivity contribution in [1.29, 1.82) is 0 Å². The van der Waals surface area contributed by atoms with Crippen LogP contribution in [-0.4, -0.2) is 141 Å². The Labute approximate surface area is 422 Å². The quantitative estimate of drug-likeness (QED) is 0.149. The number of hydrogen-bond acceptors (Lipinski definition) is 12. The summed E-state index contributed by atoms with van der Waals surface area (Å²) in [5, 5.41) is 8.19. The summed E-state index contributed by atoms with van der Waals surface area (Å²) in [5.74, 6) is 3.76. The van der Waals surface area contributed by atoms with Crippen LogP contribution < -0.4 is 10.7 Å². The maximum atomic E-state index is 14.8. The molecule has 0 saturated carbocycles. The minimum Gasteiger partial charge on any atom is -0.464 e. The van der Waals surface area contributed by atoms with E-state index in [2.05, 4.69) is 72.2 Å². The van der Waals surface area contributed by atoms with Gasteiger partial charge in [0.2, 0.25) is 11.8 Å². The minimum absolute atomic E-state index is 0.0769. The van der Waals surface area contributed by atoms with Crippen LogP contribution in [0.25, 0.3) is 33.4 Å². The molecular weight excluding hydrogens is 919 g/mol. The average molecular weight is 990 g/mol. The first-order valence-electron chi connectivity index (χ1n) is 25.1. The van der Waals surface area contributed by atoms with Crippen molar-refractivity contribution in [2.24, 2.45) is 16.7 Å². The van der Waals surface area contributed by atoms with Gasteiger partial charge in [-0.25, -0.2) is 10.4 Å². The van der Waals surface area contributed by atoms with E-state index in [-0.39, 0.29) is 43.4 Å². The fraction of sp³-hybridized carbons (Fsp3) is 0.574. The van der Waals surface area contributed by atoms with E-state index < -0.39 is 52.3 Å². The summed E-state index contributed by atoms with van der Waals surface area (Å²) in [7, 11) is 5.50. The fourth-order valence-electron chi connectivity index (χ4n) is 10.6. The molecule has 8 rings (SSSR count). The highest BCUT2D eigenvalue weighted by atomic mass is 32.1. The number of likely N-dealkylation sites (tertiary alicyclic amines) is 2. The number of carbonyl (C=O) groups is 5. The van der Waals surface area contributed by atoms with Gasteiger partial charge in [-0.15, -0.1) is 11.3 Å². The third-order valence-electron chi connectivity index (χ3n) is 15.2. The van der Waals surface area contributed by atoms with E-state index >= 15 is 0 Å². The van der Waals surface area contributed by atoms with E-state index in [0.717, 1.165) is 44.7 Å². The van der Waals surface area contributed by atoms with E-state index in [1.807, 2.05) is 65.1 Å². The van der Waals surface area contributed by atoms with E-state index in [1.165, 1.54) is 16.3 Å². The van der Waals surface area contributed by atoms with Crippen molar-refractivity contribution in [2.45, 2.75) is 130 Å². The van der Waals surface area contributed by atoms with Crippen LogP contribution in [0.3, 0.4) is 0 Å². The number of aromatic nitrogens is 3. The topological polar surface area (TPSA) is 172 Å². The number of fused-ring (bicyclic) bond motifs is 6. The molecule has 3 aromatic heterocycles. The third-order valence-corrected chi connectivity index (χ3v) is 16.0. The Balaban J connectivity index is 1.12. The highest BCUT2D eigenvalue weighted by Crippen LogP contribution is 2.44. The molecule has 1 aromatic carbocycles. The van der Waals surface area contributed by atoms with Crippen molar-refractivity contribution in [3.8, 4) is 34.4 Å². The van der Waals surface area contributed by atoms with Gasteiger partial charge in [0.25, 0.3) is 11.8 Å². The standard InChI is InChI=1S/C54H71N9O7S/c1-12-61-42-18-17-35-27-37(42)38(47(61)36-15-13-23-55-45(36)34(4)69-11)29-52(5,6)32-70-50(67)39-16-14-24-63(58-39)49(66)40(28-43-56-41(35)30-71-43)57-48(65)46(33(2)3)62-26-22-54(51(62)68)21-25-60(31-54)44(64)19-20-53(7,8)59(9)10/h13,15,17-18,23,27,30,33-34,39-40,46,58H,12,14,16,21-22,24-26,28-29,31-32H2,1-11H3,(H,57,65)/t34-,39-,40-,46-,54+/m0/s1. The maximum absolute atomic E-state index is 14.8. The van der Waals surface area contributed by atoms with Crippen molar-refractivity contribution >= 4 is 51.8 Å². The Morgan fingerprint density at radius 3 is 2.58 bits per heavy atom. The minimum atomic E-state index is -1.09. The Morgan fingerprint density at radius 2 is 1.86 bits per heavy atom. The summed E-state index contributed by atoms with van der Waals surface area (Å²) in [6.45, 7) is 18.1. The molecule has 4 aliphatic rings. The molecule has 7 heterocycles. The molecule has 4 amide bonds. The molecule has 71 heavy (non-hydrogen) atoms. The molecule has 0 unspecified atom stereocenters. The van der Waals surface area contributed by atoms with Crippen LogP contribution in [0.4, 0.5) is 0 Å². The molecule has 0 aliphatic carbocycles. The summed E-state index contributed by atoms with van der Waals surface area (Å²) in [6, 6.07) is 7.67. The SMILES string of the molecule is CCn1c(-c2cccnc2[C@H](C)OC)c2c3cc(ccc31)-c1csc(n1)C[C@H](NC(=O)[C@H](C(C)C)N1CC[C@@]3(CCN(C(=O)C#CC(C)(C)N(C)C)C3)C1=O)C(=O)N1CCC[C@H](N1)C(=O)OCC(C)(C)C2. The number of aryl methyl sites for hydroxylation is 1. The lowest BCUT2D eigenvalue weighted by atomic mass is 9.84. The molecule has 3 fully saturated rings. The number of hydrazine groups is 1. The molecule has 4 aliphatic heterocycles. The average Bonchev–Trinajstić information content (AvgIpc) is 4.14. The van der Waals surface area contributed by atoms with Crippen LogP contribution in [0.1, 0.15) is 103 Å². The number of methoxy groups -OCH3 is 1. The first-order chi connectivity index (χ1) is 33.7. The largest absolute Gasteiger partial charge is 0.464 e. The lowest BCUT2D eigenvalue weighted by molar-refractivity contribution is -0.155. The van der Waals surface area contributed by atoms with Crippen LogP contribution in [-0.2, 0) is 52.8 Å². The number of nitrogens with zero attached hydrogens (tertiary/aromatic N) is 7. The normalized spacial score (nSPS) is 22.7. The highest BCUT2D eigenvalue weighted by Gasteiger charge is 2.54. The first kappa shape index (κ1) is 51.7. The van der Waals surface area contributed by atoms with Crippen LogP contribution in [0.15, 0.2) is 41.9 Å². The Hall–Kier alpha value is -5.67. The van der Waals surface area contributed by atoms with Gasteiger partial charge in [-0.3, -0.25) is 38.9 Å². The van der Waals surface area contributed by atoms with Crippen molar-refractivity contribution in [3.63, 3.8) is 0 Å². The number of pyridine rings is 1. The second-order valence-electron chi connectivity index (χ2n) is 21.7. The van der Waals surface area contributed by atoms with Gasteiger partial charge in [-0.05, 0) is 116 Å². The van der Waals surface area contributed by atoms with E-state index in [9.17, 15) is 24.0 Å². The zero-order chi connectivity index (χ0) is 51.2. The summed E-state index contributed by atoms with van der Waals surface area (Å²) in [4.78, 5) is 86.5. The first-order valence-corrected chi connectivity index (χ1v) is 26.0. The summed E-state index contributed by atoms with van der Waals surface area (Å²) in [5.41, 5.74) is 7.96. The second kappa shape index (κ2) is 20.4. The van der Waals surface area contributed by atoms with Crippen LogP contribution >= 0.6 is 11.3 Å². The van der Waals surface area contributed by atoms with Gasteiger partial charge in [0.1, 0.15) is 18.1 Å². The molecule has 2 N–H and O–H groups in total.